The zero-order valence-corrected chi connectivity index (χ0v) is 13.9. The first-order chi connectivity index (χ1) is 10.4. The van der Waals surface area contributed by atoms with Crippen molar-refractivity contribution in [3.8, 4) is 0 Å². The van der Waals surface area contributed by atoms with Gasteiger partial charge < -0.3 is 10.1 Å². The molecule has 1 aromatic rings. The number of nitrogens with zero attached hydrogens (tertiary/aromatic N) is 1. The van der Waals surface area contributed by atoms with Crippen molar-refractivity contribution in [2.75, 3.05) is 26.2 Å². The normalized spacial score (nSPS) is 22.4. The molecular weight excluding hydrogens is 300 g/mol. The smallest absolute Gasteiger partial charge is 0.243 e. The average molecular weight is 324 g/mol. The van der Waals surface area contributed by atoms with E-state index in [1.165, 1.54) is 4.31 Å². The summed E-state index contributed by atoms with van der Waals surface area (Å²) in [5.74, 6) is 0.151. The van der Waals surface area contributed by atoms with E-state index in [1.54, 1.807) is 30.3 Å². The van der Waals surface area contributed by atoms with E-state index in [4.69, 9.17) is 0 Å². The predicted molar refractivity (Wildman–Crippen MR) is 86.0 cm³/mol. The molecule has 1 heterocycles. The van der Waals surface area contributed by atoms with Gasteiger partial charge in [0, 0.05) is 25.6 Å². The summed E-state index contributed by atoms with van der Waals surface area (Å²) in [5, 5.41) is 3.17. The Kier molecular flexibility index (Phi) is 5.72. The molecule has 6 heteroatoms. The lowest BCUT2D eigenvalue weighted by Crippen LogP contribution is -2.40. The van der Waals surface area contributed by atoms with Crippen molar-refractivity contribution in [1.82, 2.24) is 9.62 Å². The van der Waals surface area contributed by atoms with Crippen molar-refractivity contribution >= 4 is 16.3 Å². The van der Waals surface area contributed by atoms with Crippen LogP contribution in [0.3, 0.4) is 0 Å². The summed E-state index contributed by atoms with van der Waals surface area (Å²) in [7, 11) is -3.53. The Morgan fingerprint density at radius 3 is 2.55 bits per heavy atom. The molecule has 22 heavy (non-hydrogen) atoms. The minimum absolute atomic E-state index is 0.0368. The second-order valence-electron chi connectivity index (χ2n) is 6.25. The fourth-order valence-corrected chi connectivity index (χ4v) is 4.48. The molecule has 1 saturated heterocycles. The Bertz CT molecular complexity index is 587. The topological polar surface area (TPSA) is 66.5 Å². The average Bonchev–Trinajstić information content (AvgIpc) is 2.94. The van der Waals surface area contributed by atoms with Crippen molar-refractivity contribution < 1.29 is 13.2 Å². The second-order valence-corrected chi connectivity index (χ2v) is 8.19. The Balaban J connectivity index is 2.24. The van der Waals surface area contributed by atoms with Crippen molar-refractivity contribution in [2.45, 2.75) is 18.7 Å². The Labute approximate surface area is 132 Å². The lowest BCUT2D eigenvalue weighted by molar-refractivity contribution is -0.111. The number of hydrogen-bond donors (Lipinski definition) is 1. The highest BCUT2D eigenvalue weighted by Crippen LogP contribution is 2.22. The largest absolute Gasteiger partial charge is 0.316 e. The minimum Gasteiger partial charge on any atom is -0.316 e. The molecule has 1 N–H and O–H groups in total. The molecule has 2 atom stereocenters. The molecule has 0 radical (unpaired) electrons. The van der Waals surface area contributed by atoms with Crippen molar-refractivity contribution in [1.29, 1.82) is 0 Å². The van der Waals surface area contributed by atoms with Crippen LogP contribution in [0.25, 0.3) is 0 Å². The summed E-state index contributed by atoms with van der Waals surface area (Å²) >= 11 is 0. The van der Waals surface area contributed by atoms with E-state index in [-0.39, 0.29) is 17.8 Å². The van der Waals surface area contributed by atoms with Crippen LogP contribution in [0, 0.1) is 17.8 Å². The Morgan fingerprint density at radius 2 is 1.95 bits per heavy atom. The summed E-state index contributed by atoms with van der Waals surface area (Å²) in [6, 6.07) is 8.49. The third-order valence-corrected chi connectivity index (χ3v) is 5.80. The van der Waals surface area contributed by atoms with Gasteiger partial charge in [0.05, 0.1) is 4.90 Å². The first-order valence-corrected chi connectivity index (χ1v) is 9.10. The van der Waals surface area contributed by atoms with Gasteiger partial charge in [0.15, 0.2) is 0 Å². The molecule has 0 saturated carbocycles. The molecule has 0 aromatic heterocycles. The van der Waals surface area contributed by atoms with Crippen LogP contribution in [0.2, 0.25) is 0 Å². The van der Waals surface area contributed by atoms with Crippen LogP contribution < -0.4 is 5.32 Å². The molecule has 1 aliphatic heterocycles. The van der Waals surface area contributed by atoms with Crippen LogP contribution in [-0.2, 0) is 14.8 Å². The molecule has 0 unspecified atom stereocenters. The fraction of sp³-hybridized carbons (Fsp3) is 0.562. The third kappa shape index (κ3) is 3.94. The van der Waals surface area contributed by atoms with Gasteiger partial charge in [-0.3, -0.25) is 0 Å². The van der Waals surface area contributed by atoms with Crippen LogP contribution in [0.15, 0.2) is 35.2 Å². The first kappa shape index (κ1) is 17.1. The Hall–Kier alpha value is -1.24. The number of benzene rings is 1. The van der Waals surface area contributed by atoms with Gasteiger partial charge in [0.2, 0.25) is 10.0 Å². The quantitative estimate of drug-likeness (QED) is 0.769. The highest BCUT2D eigenvalue weighted by atomic mass is 32.2. The number of sulfonamides is 1. The molecule has 0 spiro atoms. The number of aldehydes is 1. The van der Waals surface area contributed by atoms with Crippen LogP contribution in [0.1, 0.15) is 13.8 Å². The highest BCUT2D eigenvalue weighted by molar-refractivity contribution is 7.89. The molecule has 1 aromatic carbocycles. The second kappa shape index (κ2) is 7.35. The molecule has 0 amide bonds. The van der Waals surface area contributed by atoms with Crippen LogP contribution in [0.5, 0.6) is 0 Å². The molecule has 122 valence electrons. The number of rotatable bonds is 7. The van der Waals surface area contributed by atoms with Gasteiger partial charge in [-0.05, 0) is 30.5 Å². The summed E-state index contributed by atoms with van der Waals surface area (Å²) in [6.07, 6.45) is 0.938. The lowest BCUT2D eigenvalue weighted by Gasteiger charge is -2.27. The number of nitrogens with one attached hydrogen (secondary N) is 1. The Morgan fingerprint density at radius 1 is 1.27 bits per heavy atom. The molecule has 0 aliphatic carbocycles. The van der Waals surface area contributed by atoms with E-state index >= 15 is 0 Å². The molecule has 5 nitrogen and oxygen atoms in total. The molecule has 1 fully saturated rings. The highest BCUT2D eigenvalue weighted by Gasteiger charge is 2.33. The van der Waals surface area contributed by atoms with E-state index in [9.17, 15) is 13.2 Å². The van der Waals surface area contributed by atoms with Gasteiger partial charge >= 0.3 is 0 Å². The van der Waals surface area contributed by atoms with Crippen molar-refractivity contribution in [2.24, 2.45) is 17.8 Å². The zero-order chi connectivity index (χ0) is 16.2. The molecule has 1 aliphatic rings. The van der Waals surface area contributed by atoms with Crippen LogP contribution in [-0.4, -0.2) is 45.2 Å². The minimum atomic E-state index is -3.53. The molecule has 2 rings (SSSR count). The van der Waals surface area contributed by atoms with E-state index in [0.717, 1.165) is 6.29 Å². The summed E-state index contributed by atoms with van der Waals surface area (Å²) in [5.41, 5.74) is 0. The summed E-state index contributed by atoms with van der Waals surface area (Å²) in [6.45, 7) is 6.15. The summed E-state index contributed by atoms with van der Waals surface area (Å²) < 4.78 is 27.3. The lowest BCUT2D eigenvalue weighted by atomic mass is 9.97. The monoisotopic (exact) mass is 324 g/mol. The van der Waals surface area contributed by atoms with E-state index in [1.807, 2.05) is 13.8 Å². The van der Waals surface area contributed by atoms with E-state index in [2.05, 4.69) is 5.32 Å². The van der Waals surface area contributed by atoms with Gasteiger partial charge in [-0.1, -0.05) is 32.0 Å². The van der Waals surface area contributed by atoms with Crippen molar-refractivity contribution in [3.05, 3.63) is 30.3 Å². The zero-order valence-electron chi connectivity index (χ0n) is 13.1. The predicted octanol–water partition coefficient (Wildman–Crippen LogP) is 1.37. The third-order valence-electron chi connectivity index (χ3n) is 3.95. The number of carbonyl (C=O) groups excluding carboxylic acids is 1. The van der Waals surface area contributed by atoms with Gasteiger partial charge in [-0.15, -0.1) is 0 Å². The maximum absolute atomic E-state index is 12.9. The summed E-state index contributed by atoms with van der Waals surface area (Å²) in [4.78, 5) is 11.4. The SMILES string of the molecule is CC(C)CN(C[C@@H]1CNC[C@@H]1C=O)S(=O)(=O)c1ccccc1. The molecule has 0 bridgehead atoms. The maximum Gasteiger partial charge on any atom is 0.243 e. The number of hydrogen-bond acceptors (Lipinski definition) is 4. The maximum atomic E-state index is 12.9. The standard InChI is InChI=1S/C16H24N2O3S/c1-13(2)10-18(11-14-8-17-9-15(14)12-19)22(20,21)16-6-4-3-5-7-16/h3-7,12-15,17H,8-11H2,1-2H3/t14-,15+/m0/s1. The van der Waals surface area contributed by atoms with Crippen LogP contribution in [0.4, 0.5) is 0 Å². The molecular formula is C16H24N2O3S. The number of carbonyl (C=O) groups is 1. The first-order valence-electron chi connectivity index (χ1n) is 7.66. The van der Waals surface area contributed by atoms with Gasteiger partial charge in [0.25, 0.3) is 0 Å². The van der Waals surface area contributed by atoms with Crippen molar-refractivity contribution in [3.63, 3.8) is 0 Å². The fourth-order valence-electron chi connectivity index (χ4n) is 2.79. The van der Waals surface area contributed by atoms with E-state index in [0.29, 0.717) is 31.1 Å². The van der Waals surface area contributed by atoms with Gasteiger partial charge in [-0.2, -0.15) is 4.31 Å². The van der Waals surface area contributed by atoms with Gasteiger partial charge in [-0.25, -0.2) is 8.42 Å². The van der Waals surface area contributed by atoms with Crippen LogP contribution >= 0.6 is 0 Å². The van der Waals surface area contributed by atoms with E-state index < -0.39 is 10.0 Å². The van der Waals surface area contributed by atoms with Gasteiger partial charge in [0.1, 0.15) is 6.29 Å².